The Morgan fingerprint density at radius 3 is 2.58 bits per heavy atom. The standard InChI is InChI=1S/C10H20N2/c1-8(11-2)6-10(12-3)7-9-4-5-9/h6,8-9,11-12H,4-5,7H2,1-3H3/b10-6-. The van der Waals surface area contributed by atoms with Crippen molar-refractivity contribution in [1.82, 2.24) is 10.6 Å². The van der Waals surface area contributed by atoms with E-state index in [4.69, 9.17) is 0 Å². The molecular formula is C10H20N2. The van der Waals surface area contributed by atoms with E-state index in [2.05, 4.69) is 23.6 Å². The van der Waals surface area contributed by atoms with E-state index in [1.807, 2.05) is 14.1 Å². The third kappa shape index (κ3) is 3.26. The molecule has 0 aliphatic heterocycles. The fourth-order valence-corrected chi connectivity index (χ4v) is 1.27. The van der Waals surface area contributed by atoms with Crippen molar-refractivity contribution in [3.63, 3.8) is 0 Å². The molecular weight excluding hydrogens is 148 g/mol. The Morgan fingerprint density at radius 2 is 2.17 bits per heavy atom. The van der Waals surface area contributed by atoms with Crippen molar-refractivity contribution in [1.29, 1.82) is 0 Å². The van der Waals surface area contributed by atoms with Gasteiger partial charge >= 0.3 is 0 Å². The van der Waals surface area contributed by atoms with Crippen molar-refractivity contribution >= 4 is 0 Å². The Balaban J connectivity index is 2.35. The van der Waals surface area contributed by atoms with Crippen LogP contribution in [0.25, 0.3) is 0 Å². The Hall–Kier alpha value is -0.500. The molecule has 1 aliphatic rings. The number of nitrogens with one attached hydrogen (secondary N) is 2. The molecule has 1 atom stereocenters. The van der Waals surface area contributed by atoms with E-state index in [0.717, 1.165) is 5.92 Å². The zero-order valence-electron chi connectivity index (χ0n) is 8.35. The summed E-state index contributed by atoms with van der Waals surface area (Å²) < 4.78 is 0. The zero-order chi connectivity index (χ0) is 8.97. The maximum atomic E-state index is 3.26. The molecule has 0 bridgehead atoms. The highest BCUT2D eigenvalue weighted by Crippen LogP contribution is 2.34. The van der Waals surface area contributed by atoms with Gasteiger partial charge in [-0.05, 0) is 45.2 Å². The first-order chi connectivity index (χ1) is 5.76. The van der Waals surface area contributed by atoms with Crippen LogP contribution in [-0.2, 0) is 0 Å². The molecule has 2 N–H and O–H groups in total. The van der Waals surface area contributed by atoms with Crippen LogP contribution in [0.1, 0.15) is 26.2 Å². The van der Waals surface area contributed by atoms with Gasteiger partial charge in [0.15, 0.2) is 0 Å². The summed E-state index contributed by atoms with van der Waals surface area (Å²) >= 11 is 0. The molecule has 0 saturated heterocycles. The highest BCUT2D eigenvalue weighted by molar-refractivity contribution is 5.06. The summed E-state index contributed by atoms with van der Waals surface area (Å²) in [6.45, 7) is 2.17. The maximum absolute atomic E-state index is 3.26. The molecule has 0 aromatic carbocycles. The van der Waals surface area contributed by atoms with Gasteiger partial charge in [-0.3, -0.25) is 0 Å². The van der Waals surface area contributed by atoms with Gasteiger partial charge in [0.1, 0.15) is 0 Å². The van der Waals surface area contributed by atoms with E-state index in [1.54, 1.807) is 0 Å². The first kappa shape index (κ1) is 9.59. The van der Waals surface area contributed by atoms with Crippen LogP contribution in [0.15, 0.2) is 11.8 Å². The summed E-state index contributed by atoms with van der Waals surface area (Å²) in [6.07, 6.45) is 6.36. The molecule has 1 rings (SSSR count). The van der Waals surface area contributed by atoms with Gasteiger partial charge in [-0.2, -0.15) is 0 Å². The quantitative estimate of drug-likeness (QED) is 0.650. The van der Waals surface area contributed by atoms with E-state index < -0.39 is 0 Å². The van der Waals surface area contributed by atoms with Crippen LogP contribution in [0.5, 0.6) is 0 Å². The van der Waals surface area contributed by atoms with Crippen molar-refractivity contribution in [3.8, 4) is 0 Å². The molecule has 2 heteroatoms. The van der Waals surface area contributed by atoms with Crippen LogP contribution in [0.2, 0.25) is 0 Å². The molecule has 0 radical (unpaired) electrons. The van der Waals surface area contributed by atoms with Gasteiger partial charge in [-0.25, -0.2) is 0 Å². The predicted molar refractivity (Wildman–Crippen MR) is 53.0 cm³/mol. The lowest BCUT2D eigenvalue weighted by Crippen LogP contribution is -2.21. The van der Waals surface area contributed by atoms with Crippen LogP contribution >= 0.6 is 0 Å². The Morgan fingerprint density at radius 1 is 1.50 bits per heavy atom. The molecule has 0 aromatic rings. The highest BCUT2D eigenvalue weighted by Gasteiger charge is 2.22. The smallest absolute Gasteiger partial charge is 0.0238 e. The third-order valence-corrected chi connectivity index (χ3v) is 2.43. The minimum absolute atomic E-state index is 0.478. The van der Waals surface area contributed by atoms with E-state index in [-0.39, 0.29) is 0 Å². The molecule has 1 unspecified atom stereocenters. The first-order valence-electron chi connectivity index (χ1n) is 4.82. The molecule has 0 heterocycles. The van der Waals surface area contributed by atoms with E-state index >= 15 is 0 Å². The maximum Gasteiger partial charge on any atom is 0.0238 e. The minimum Gasteiger partial charge on any atom is -0.392 e. The molecule has 2 nitrogen and oxygen atoms in total. The molecule has 70 valence electrons. The SMILES string of the molecule is CN/C(=C\C(C)NC)CC1CC1. The Kier molecular flexibility index (Phi) is 3.60. The van der Waals surface area contributed by atoms with Crippen LogP contribution in [0.3, 0.4) is 0 Å². The van der Waals surface area contributed by atoms with Crippen LogP contribution in [0, 0.1) is 5.92 Å². The van der Waals surface area contributed by atoms with E-state index in [0.29, 0.717) is 6.04 Å². The summed E-state index contributed by atoms with van der Waals surface area (Å²) in [6, 6.07) is 0.478. The monoisotopic (exact) mass is 168 g/mol. The fraction of sp³-hybridized carbons (Fsp3) is 0.800. The molecule has 0 aromatic heterocycles. The van der Waals surface area contributed by atoms with Gasteiger partial charge in [0.2, 0.25) is 0 Å². The first-order valence-corrected chi connectivity index (χ1v) is 4.82. The summed E-state index contributed by atoms with van der Waals surface area (Å²) in [5.41, 5.74) is 1.39. The second kappa shape index (κ2) is 4.51. The van der Waals surface area contributed by atoms with Gasteiger partial charge in [0, 0.05) is 18.8 Å². The molecule has 1 saturated carbocycles. The van der Waals surface area contributed by atoms with Crippen molar-refractivity contribution in [3.05, 3.63) is 11.8 Å². The summed E-state index contributed by atoms with van der Waals surface area (Å²) in [7, 11) is 4.00. The van der Waals surface area contributed by atoms with Crippen LogP contribution in [-0.4, -0.2) is 20.1 Å². The molecule has 0 spiro atoms. The summed E-state index contributed by atoms with van der Waals surface area (Å²) in [4.78, 5) is 0. The highest BCUT2D eigenvalue weighted by atomic mass is 14.9. The minimum atomic E-state index is 0.478. The number of hydrogen-bond acceptors (Lipinski definition) is 2. The topological polar surface area (TPSA) is 24.1 Å². The van der Waals surface area contributed by atoms with Gasteiger partial charge in [-0.15, -0.1) is 0 Å². The average molecular weight is 168 g/mol. The summed E-state index contributed by atoms with van der Waals surface area (Å²) in [5, 5.41) is 6.47. The molecule has 1 aliphatic carbocycles. The van der Waals surface area contributed by atoms with Gasteiger partial charge in [0.05, 0.1) is 0 Å². The lowest BCUT2D eigenvalue weighted by Gasteiger charge is -2.09. The largest absolute Gasteiger partial charge is 0.392 e. The van der Waals surface area contributed by atoms with Crippen molar-refractivity contribution < 1.29 is 0 Å². The van der Waals surface area contributed by atoms with Crippen molar-refractivity contribution in [2.24, 2.45) is 5.92 Å². The lowest BCUT2D eigenvalue weighted by atomic mass is 10.1. The molecule has 1 fully saturated rings. The second-order valence-electron chi connectivity index (χ2n) is 3.67. The normalized spacial score (nSPS) is 20.8. The van der Waals surface area contributed by atoms with Crippen molar-refractivity contribution in [2.45, 2.75) is 32.2 Å². The number of likely N-dealkylation sites (N-methyl/N-ethyl adjacent to an activating group) is 1. The van der Waals surface area contributed by atoms with Crippen LogP contribution in [0.4, 0.5) is 0 Å². The zero-order valence-corrected chi connectivity index (χ0v) is 8.35. The average Bonchev–Trinajstić information content (AvgIpc) is 2.86. The van der Waals surface area contributed by atoms with Crippen molar-refractivity contribution in [2.75, 3.05) is 14.1 Å². The number of hydrogen-bond donors (Lipinski definition) is 2. The van der Waals surface area contributed by atoms with Gasteiger partial charge < -0.3 is 10.6 Å². The third-order valence-electron chi connectivity index (χ3n) is 2.43. The molecule has 0 amide bonds. The Labute approximate surface area is 75.4 Å². The predicted octanol–water partition coefficient (Wildman–Crippen LogP) is 1.50. The number of allylic oxidation sites excluding steroid dienone is 1. The van der Waals surface area contributed by atoms with Crippen LogP contribution < -0.4 is 10.6 Å². The fourth-order valence-electron chi connectivity index (χ4n) is 1.27. The number of rotatable bonds is 5. The Bertz CT molecular complexity index is 159. The van der Waals surface area contributed by atoms with Gasteiger partial charge in [-0.1, -0.05) is 0 Å². The summed E-state index contributed by atoms with van der Waals surface area (Å²) in [5.74, 6) is 0.966. The van der Waals surface area contributed by atoms with E-state index in [1.165, 1.54) is 25.0 Å². The van der Waals surface area contributed by atoms with E-state index in [9.17, 15) is 0 Å². The molecule has 12 heavy (non-hydrogen) atoms. The lowest BCUT2D eigenvalue weighted by molar-refractivity contribution is 0.690. The van der Waals surface area contributed by atoms with Gasteiger partial charge in [0.25, 0.3) is 0 Å². The second-order valence-corrected chi connectivity index (χ2v) is 3.67.